The lowest BCUT2D eigenvalue weighted by atomic mass is 10.1. The highest BCUT2D eigenvalue weighted by Gasteiger charge is 2.02. The molecule has 1 aromatic heterocycles. The van der Waals surface area contributed by atoms with Gasteiger partial charge in [0.1, 0.15) is 5.75 Å². The summed E-state index contributed by atoms with van der Waals surface area (Å²) in [6.07, 6.45) is 0. The van der Waals surface area contributed by atoms with Crippen LogP contribution in [0.5, 0.6) is 5.75 Å². The maximum Gasteiger partial charge on any atom is 0.252 e. The van der Waals surface area contributed by atoms with Gasteiger partial charge in [-0.25, -0.2) is 0 Å². The van der Waals surface area contributed by atoms with Crippen LogP contribution in [0.3, 0.4) is 0 Å². The van der Waals surface area contributed by atoms with Crippen molar-refractivity contribution in [3.8, 4) is 17.0 Å². The molecule has 0 amide bonds. The number of aromatic nitrogens is 1. The van der Waals surface area contributed by atoms with Crippen LogP contribution >= 0.6 is 0 Å². The summed E-state index contributed by atoms with van der Waals surface area (Å²) < 4.78 is 5.10. The van der Waals surface area contributed by atoms with Crippen molar-refractivity contribution in [2.75, 3.05) is 14.2 Å². The van der Waals surface area contributed by atoms with Crippen molar-refractivity contribution in [1.82, 2.24) is 10.3 Å². The molecule has 4 heteroatoms. The first-order valence-electron chi connectivity index (χ1n) is 5.76. The number of rotatable bonds is 4. The molecule has 0 atom stereocenters. The number of pyridine rings is 1. The van der Waals surface area contributed by atoms with Crippen LogP contribution in [0.4, 0.5) is 0 Å². The molecule has 0 aliphatic heterocycles. The van der Waals surface area contributed by atoms with Crippen LogP contribution in [0.25, 0.3) is 11.3 Å². The smallest absolute Gasteiger partial charge is 0.252 e. The highest BCUT2D eigenvalue weighted by atomic mass is 16.5. The lowest BCUT2D eigenvalue weighted by Crippen LogP contribution is -2.18. The van der Waals surface area contributed by atoms with Crippen LogP contribution in [0.2, 0.25) is 0 Å². The monoisotopic (exact) mass is 244 g/mol. The number of hydrogen-bond donors (Lipinski definition) is 2. The standard InChI is InChI=1S/C14H16N2O2/c1-15-9-11-5-8-13(16-14(11)17)10-3-6-12(18-2)7-4-10/h3-8,15H,9H2,1-2H3,(H,16,17). The molecule has 0 bridgehead atoms. The van der Waals surface area contributed by atoms with Gasteiger partial charge in [0.25, 0.3) is 5.56 Å². The SMILES string of the molecule is CNCc1ccc(-c2ccc(OC)cc2)[nH]c1=O. The van der Waals surface area contributed by atoms with Gasteiger partial charge >= 0.3 is 0 Å². The Hall–Kier alpha value is -2.07. The summed E-state index contributed by atoms with van der Waals surface area (Å²) in [6.45, 7) is 0.568. The van der Waals surface area contributed by atoms with Gasteiger partial charge in [-0.1, -0.05) is 6.07 Å². The first-order valence-corrected chi connectivity index (χ1v) is 5.76. The summed E-state index contributed by atoms with van der Waals surface area (Å²) in [5.74, 6) is 0.799. The predicted molar refractivity (Wildman–Crippen MR) is 71.8 cm³/mol. The maximum absolute atomic E-state index is 11.8. The van der Waals surface area contributed by atoms with E-state index in [0.717, 1.165) is 22.6 Å². The molecule has 0 radical (unpaired) electrons. The highest BCUT2D eigenvalue weighted by molar-refractivity contribution is 5.60. The van der Waals surface area contributed by atoms with Crippen molar-refractivity contribution >= 4 is 0 Å². The Labute approximate surface area is 106 Å². The van der Waals surface area contributed by atoms with Crippen LogP contribution in [-0.4, -0.2) is 19.1 Å². The second-order valence-electron chi connectivity index (χ2n) is 3.99. The molecule has 0 fully saturated rings. The molecule has 0 aliphatic rings. The fraction of sp³-hybridized carbons (Fsp3) is 0.214. The van der Waals surface area contributed by atoms with E-state index in [2.05, 4.69) is 10.3 Å². The van der Waals surface area contributed by atoms with Gasteiger partial charge in [0.2, 0.25) is 0 Å². The minimum atomic E-state index is -0.0577. The van der Waals surface area contributed by atoms with E-state index < -0.39 is 0 Å². The molecule has 0 saturated carbocycles. The fourth-order valence-corrected chi connectivity index (χ4v) is 1.77. The zero-order valence-corrected chi connectivity index (χ0v) is 10.5. The Morgan fingerprint density at radius 2 is 1.89 bits per heavy atom. The number of benzene rings is 1. The topological polar surface area (TPSA) is 54.1 Å². The molecule has 94 valence electrons. The Morgan fingerprint density at radius 1 is 1.17 bits per heavy atom. The molecule has 18 heavy (non-hydrogen) atoms. The molecule has 1 heterocycles. The number of aromatic amines is 1. The quantitative estimate of drug-likeness (QED) is 0.861. The summed E-state index contributed by atoms with van der Waals surface area (Å²) in [4.78, 5) is 14.7. The Bertz CT molecular complexity index is 573. The summed E-state index contributed by atoms with van der Waals surface area (Å²) in [7, 11) is 3.44. The van der Waals surface area contributed by atoms with Crippen molar-refractivity contribution in [2.24, 2.45) is 0 Å². The van der Waals surface area contributed by atoms with Gasteiger partial charge in [0.05, 0.1) is 7.11 Å². The van der Waals surface area contributed by atoms with Crippen molar-refractivity contribution in [3.05, 3.63) is 52.3 Å². The first kappa shape index (κ1) is 12.4. The minimum absolute atomic E-state index is 0.0577. The van der Waals surface area contributed by atoms with E-state index in [1.54, 1.807) is 7.11 Å². The van der Waals surface area contributed by atoms with Crippen LogP contribution in [-0.2, 0) is 6.54 Å². The van der Waals surface area contributed by atoms with Gasteiger partial charge in [-0.3, -0.25) is 4.79 Å². The third-order valence-electron chi connectivity index (χ3n) is 2.76. The predicted octanol–water partition coefficient (Wildman–Crippen LogP) is 1.77. The minimum Gasteiger partial charge on any atom is -0.497 e. The molecular formula is C14H16N2O2. The van der Waals surface area contributed by atoms with Crippen LogP contribution in [0.15, 0.2) is 41.2 Å². The maximum atomic E-state index is 11.8. The third kappa shape index (κ3) is 2.60. The van der Waals surface area contributed by atoms with E-state index in [-0.39, 0.29) is 5.56 Å². The van der Waals surface area contributed by atoms with Crippen molar-refractivity contribution in [1.29, 1.82) is 0 Å². The average molecular weight is 244 g/mol. The Balaban J connectivity index is 2.33. The van der Waals surface area contributed by atoms with E-state index in [1.807, 2.05) is 43.4 Å². The fourth-order valence-electron chi connectivity index (χ4n) is 1.77. The summed E-state index contributed by atoms with van der Waals surface area (Å²) in [5.41, 5.74) is 2.44. The van der Waals surface area contributed by atoms with Gasteiger partial charge in [-0.15, -0.1) is 0 Å². The second-order valence-corrected chi connectivity index (χ2v) is 3.99. The van der Waals surface area contributed by atoms with Crippen LogP contribution in [0.1, 0.15) is 5.56 Å². The lowest BCUT2D eigenvalue weighted by Gasteiger charge is -2.05. The van der Waals surface area contributed by atoms with E-state index in [0.29, 0.717) is 6.54 Å². The molecule has 0 spiro atoms. The van der Waals surface area contributed by atoms with Crippen molar-refractivity contribution < 1.29 is 4.74 Å². The van der Waals surface area contributed by atoms with E-state index in [1.165, 1.54) is 0 Å². The second kappa shape index (κ2) is 5.51. The number of ether oxygens (including phenoxy) is 1. The lowest BCUT2D eigenvalue weighted by molar-refractivity contribution is 0.415. The Morgan fingerprint density at radius 3 is 2.44 bits per heavy atom. The molecule has 2 N–H and O–H groups in total. The molecule has 0 saturated heterocycles. The zero-order valence-electron chi connectivity index (χ0n) is 10.5. The van der Waals surface area contributed by atoms with Crippen molar-refractivity contribution in [2.45, 2.75) is 6.54 Å². The van der Waals surface area contributed by atoms with Gasteiger partial charge < -0.3 is 15.0 Å². The summed E-state index contributed by atoms with van der Waals surface area (Å²) in [6, 6.07) is 11.3. The molecular weight excluding hydrogens is 228 g/mol. The molecule has 2 aromatic rings. The van der Waals surface area contributed by atoms with E-state index in [4.69, 9.17) is 4.74 Å². The number of nitrogens with one attached hydrogen (secondary N) is 2. The Kier molecular flexibility index (Phi) is 3.79. The normalized spacial score (nSPS) is 10.3. The molecule has 4 nitrogen and oxygen atoms in total. The largest absolute Gasteiger partial charge is 0.497 e. The highest BCUT2D eigenvalue weighted by Crippen LogP contribution is 2.19. The molecule has 2 rings (SSSR count). The zero-order chi connectivity index (χ0) is 13.0. The molecule has 1 aromatic carbocycles. The average Bonchev–Trinajstić information content (AvgIpc) is 2.41. The molecule has 0 unspecified atom stereocenters. The number of H-pyrrole nitrogens is 1. The van der Waals surface area contributed by atoms with Gasteiger partial charge in [0.15, 0.2) is 0 Å². The van der Waals surface area contributed by atoms with Crippen molar-refractivity contribution in [3.63, 3.8) is 0 Å². The van der Waals surface area contributed by atoms with Gasteiger partial charge in [-0.2, -0.15) is 0 Å². The summed E-state index contributed by atoms with van der Waals surface area (Å²) >= 11 is 0. The van der Waals surface area contributed by atoms with Gasteiger partial charge in [-0.05, 0) is 42.9 Å². The van der Waals surface area contributed by atoms with Crippen LogP contribution < -0.4 is 15.6 Å². The number of hydrogen-bond acceptors (Lipinski definition) is 3. The number of methoxy groups -OCH3 is 1. The first-order chi connectivity index (χ1) is 8.74. The van der Waals surface area contributed by atoms with E-state index in [9.17, 15) is 4.79 Å². The summed E-state index contributed by atoms with van der Waals surface area (Å²) in [5, 5.41) is 2.96. The van der Waals surface area contributed by atoms with Crippen LogP contribution in [0, 0.1) is 0 Å². The third-order valence-corrected chi connectivity index (χ3v) is 2.76. The molecule has 0 aliphatic carbocycles. The van der Waals surface area contributed by atoms with Gasteiger partial charge in [0, 0.05) is 17.8 Å². The van der Waals surface area contributed by atoms with E-state index >= 15 is 0 Å².